The normalized spacial score (nSPS) is 13.0. The van der Waals surface area contributed by atoms with Crippen molar-refractivity contribution in [2.75, 3.05) is 31.5 Å². The van der Waals surface area contributed by atoms with Gasteiger partial charge in [-0.15, -0.1) is 11.3 Å². The lowest BCUT2D eigenvalue weighted by Crippen LogP contribution is -2.37. The quantitative estimate of drug-likeness (QED) is 0.698. The molecule has 29 heavy (non-hydrogen) atoms. The molecule has 0 radical (unpaired) electrons. The van der Waals surface area contributed by atoms with Crippen LogP contribution in [0, 0.1) is 6.92 Å². The van der Waals surface area contributed by atoms with Gasteiger partial charge in [0.05, 0.1) is 6.54 Å². The van der Waals surface area contributed by atoms with Gasteiger partial charge in [-0.25, -0.2) is 0 Å². The summed E-state index contributed by atoms with van der Waals surface area (Å²) in [5.41, 5.74) is 4.60. The molecule has 2 amide bonds. The van der Waals surface area contributed by atoms with Crippen molar-refractivity contribution in [1.82, 2.24) is 9.80 Å². The Labute approximate surface area is 177 Å². The summed E-state index contributed by atoms with van der Waals surface area (Å²) in [6.07, 6.45) is 0.916. The van der Waals surface area contributed by atoms with Crippen molar-refractivity contribution in [3.63, 3.8) is 0 Å². The molecule has 0 atom stereocenters. The van der Waals surface area contributed by atoms with Crippen molar-refractivity contribution in [3.05, 3.63) is 63.4 Å². The van der Waals surface area contributed by atoms with Gasteiger partial charge in [0.25, 0.3) is 5.91 Å². The largest absolute Gasteiger partial charge is 0.376 e. The smallest absolute Gasteiger partial charge is 0.254 e. The molecule has 0 saturated heterocycles. The third kappa shape index (κ3) is 4.88. The highest BCUT2D eigenvalue weighted by Crippen LogP contribution is 2.27. The van der Waals surface area contributed by atoms with Crippen molar-refractivity contribution in [3.8, 4) is 0 Å². The molecule has 0 bridgehead atoms. The summed E-state index contributed by atoms with van der Waals surface area (Å²) in [6, 6.07) is 7.77. The maximum absolute atomic E-state index is 13.1. The number of anilines is 1. The van der Waals surface area contributed by atoms with Crippen LogP contribution in [0.15, 0.2) is 41.8 Å². The number of likely N-dealkylation sites (N-methyl/N-ethyl adjacent to an activating group) is 1. The molecular weight excluding hydrogens is 382 g/mol. The molecular formula is C23H29N3O2S. The minimum atomic E-state index is 0.0210. The van der Waals surface area contributed by atoms with Crippen LogP contribution in [-0.2, 0) is 17.8 Å². The first-order valence-electron chi connectivity index (χ1n) is 10.0. The first-order chi connectivity index (χ1) is 13.9. The molecule has 1 aliphatic rings. The molecule has 1 aromatic carbocycles. The van der Waals surface area contributed by atoms with Gasteiger partial charge in [-0.1, -0.05) is 18.2 Å². The van der Waals surface area contributed by atoms with Crippen LogP contribution in [0.4, 0.5) is 5.69 Å². The van der Waals surface area contributed by atoms with Crippen LogP contribution in [0.25, 0.3) is 0 Å². The molecule has 1 aromatic heterocycles. The van der Waals surface area contributed by atoms with E-state index >= 15 is 0 Å². The topological polar surface area (TPSA) is 52.7 Å². The lowest BCUT2D eigenvalue weighted by Gasteiger charge is -2.28. The zero-order chi connectivity index (χ0) is 21.0. The van der Waals surface area contributed by atoms with E-state index in [-0.39, 0.29) is 18.4 Å². The lowest BCUT2D eigenvalue weighted by atomic mass is 10.0. The number of hydrogen-bond acceptors (Lipinski definition) is 4. The molecule has 2 aromatic rings. The fraction of sp³-hybridized carbons (Fsp3) is 0.391. The van der Waals surface area contributed by atoms with Gasteiger partial charge in [0.1, 0.15) is 0 Å². The average Bonchev–Trinajstić information content (AvgIpc) is 3.18. The number of fused-ring (bicyclic) bond motifs is 1. The van der Waals surface area contributed by atoms with Gasteiger partial charge in [0.15, 0.2) is 0 Å². The molecule has 154 valence electrons. The Balaban J connectivity index is 1.68. The monoisotopic (exact) mass is 411 g/mol. The number of amides is 2. The third-order valence-corrected chi connectivity index (χ3v) is 6.31. The summed E-state index contributed by atoms with van der Waals surface area (Å²) in [6.45, 7) is 12.5. The number of thiophene rings is 1. The van der Waals surface area contributed by atoms with Crippen LogP contribution in [0.1, 0.15) is 40.2 Å². The molecule has 1 aliphatic heterocycles. The van der Waals surface area contributed by atoms with Gasteiger partial charge in [-0.3, -0.25) is 9.59 Å². The zero-order valence-electron chi connectivity index (χ0n) is 17.5. The van der Waals surface area contributed by atoms with E-state index < -0.39 is 0 Å². The van der Waals surface area contributed by atoms with E-state index in [9.17, 15) is 9.59 Å². The highest BCUT2D eigenvalue weighted by molar-refractivity contribution is 7.10. The minimum absolute atomic E-state index is 0.0210. The van der Waals surface area contributed by atoms with Crippen molar-refractivity contribution in [2.45, 2.75) is 33.7 Å². The van der Waals surface area contributed by atoms with Crippen molar-refractivity contribution in [2.24, 2.45) is 0 Å². The second kappa shape index (κ2) is 9.27. The number of nitrogens with one attached hydrogen (secondary N) is 1. The molecule has 0 aliphatic carbocycles. The Kier molecular flexibility index (Phi) is 6.75. The molecule has 0 saturated carbocycles. The van der Waals surface area contributed by atoms with Gasteiger partial charge in [-0.2, -0.15) is 0 Å². The Morgan fingerprint density at radius 3 is 2.83 bits per heavy atom. The lowest BCUT2D eigenvalue weighted by molar-refractivity contribution is -0.128. The second-order valence-electron chi connectivity index (χ2n) is 7.54. The van der Waals surface area contributed by atoms with Crippen molar-refractivity contribution < 1.29 is 9.59 Å². The average molecular weight is 412 g/mol. The highest BCUT2D eigenvalue weighted by Gasteiger charge is 2.24. The number of hydrogen-bond donors (Lipinski definition) is 1. The highest BCUT2D eigenvalue weighted by atomic mass is 32.1. The summed E-state index contributed by atoms with van der Waals surface area (Å²) in [7, 11) is 0. The molecule has 1 N–H and O–H groups in total. The van der Waals surface area contributed by atoms with Crippen LogP contribution < -0.4 is 5.32 Å². The van der Waals surface area contributed by atoms with E-state index in [1.54, 1.807) is 16.2 Å². The van der Waals surface area contributed by atoms with E-state index in [0.717, 1.165) is 29.8 Å². The van der Waals surface area contributed by atoms with Crippen LogP contribution in [0.5, 0.6) is 0 Å². The van der Waals surface area contributed by atoms with Gasteiger partial charge in [0, 0.05) is 42.3 Å². The number of nitrogens with zero attached hydrogens (tertiary/aromatic N) is 2. The molecule has 0 fully saturated rings. The van der Waals surface area contributed by atoms with Gasteiger partial charge >= 0.3 is 0 Å². The van der Waals surface area contributed by atoms with Crippen LogP contribution in [0.3, 0.4) is 0 Å². The summed E-state index contributed by atoms with van der Waals surface area (Å²) < 4.78 is 0. The number of carbonyl (C=O) groups is 2. The molecule has 2 heterocycles. The Morgan fingerprint density at radius 2 is 2.10 bits per heavy atom. The molecule has 0 spiro atoms. The van der Waals surface area contributed by atoms with Crippen molar-refractivity contribution in [1.29, 1.82) is 0 Å². The van der Waals surface area contributed by atoms with E-state index in [4.69, 9.17) is 0 Å². The Bertz CT molecular complexity index is 919. The van der Waals surface area contributed by atoms with E-state index in [2.05, 4.69) is 23.3 Å². The summed E-state index contributed by atoms with van der Waals surface area (Å²) in [4.78, 5) is 30.7. The Hall–Kier alpha value is -2.60. The SMILES string of the molecule is C=C(C)CN(CC)C(=O)CNc1cccc(C(=O)N2CCc3sccc3C2)c1C. The van der Waals surface area contributed by atoms with Crippen LogP contribution in [-0.4, -0.2) is 47.8 Å². The van der Waals surface area contributed by atoms with Gasteiger partial charge in [-0.05, 0) is 61.9 Å². The Morgan fingerprint density at radius 1 is 1.31 bits per heavy atom. The first kappa shape index (κ1) is 21.1. The summed E-state index contributed by atoms with van der Waals surface area (Å²) in [5.74, 6) is 0.0689. The number of benzene rings is 1. The molecule has 0 unspecified atom stereocenters. The molecule has 3 rings (SSSR count). The minimum Gasteiger partial charge on any atom is -0.376 e. The second-order valence-corrected chi connectivity index (χ2v) is 8.54. The number of rotatable bonds is 7. The first-order valence-corrected chi connectivity index (χ1v) is 10.9. The maximum Gasteiger partial charge on any atom is 0.254 e. The predicted octanol–water partition coefficient (Wildman–Crippen LogP) is 4.09. The third-order valence-electron chi connectivity index (χ3n) is 5.28. The molecule has 6 heteroatoms. The van der Waals surface area contributed by atoms with Gasteiger partial charge < -0.3 is 15.1 Å². The molecule has 5 nitrogen and oxygen atoms in total. The van der Waals surface area contributed by atoms with E-state index in [0.29, 0.717) is 25.2 Å². The zero-order valence-corrected chi connectivity index (χ0v) is 18.3. The number of carbonyl (C=O) groups excluding carboxylic acids is 2. The predicted molar refractivity (Wildman–Crippen MR) is 120 cm³/mol. The fourth-order valence-corrected chi connectivity index (χ4v) is 4.53. The fourth-order valence-electron chi connectivity index (χ4n) is 3.64. The van der Waals surface area contributed by atoms with Crippen molar-refractivity contribution >= 4 is 28.8 Å². The maximum atomic E-state index is 13.1. The van der Waals surface area contributed by atoms with E-state index in [1.807, 2.05) is 43.9 Å². The van der Waals surface area contributed by atoms with Crippen LogP contribution >= 0.6 is 11.3 Å². The standard InChI is InChI=1S/C23H29N3O2S/c1-5-25(14-16(2)3)22(27)13-24-20-8-6-7-19(17(20)4)23(28)26-11-9-21-18(15-26)10-12-29-21/h6-8,10,12,24H,2,5,9,11,13-15H2,1,3-4H3. The summed E-state index contributed by atoms with van der Waals surface area (Å²) >= 11 is 1.77. The van der Waals surface area contributed by atoms with Crippen LogP contribution in [0.2, 0.25) is 0 Å². The summed E-state index contributed by atoms with van der Waals surface area (Å²) in [5, 5.41) is 5.32. The van der Waals surface area contributed by atoms with E-state index in [1.165, 1.54) is 10.4 Å². The van der Waals surface area contributed by atoms with Gasteiger partial charge in [0.2, 0.25) is 5.91 Å².